The van der Waals surface area contributed by atoms with Crippen LogP contribution >= 0.6 is 0 Å². The summed E-state index contributed by atoms with van der Waals surface area (Å²) in [5, 5.41) is 0. The number of rotatable bonds is 4. The molecule has 0 bridgehead atoms. The van der Waals surface area contributed by atoms with Crippen LogP contribution in [-0.2, 0) is 9.53 Å². The summed E-state index contributed by atoms with van der Waals surface area (Å²) in [6, 6.07) is 7.60. The van der Waals surface area contributed by atoms with E-state index in [0.717, 1.165) is 24.2 Å². The molecule has 4 nitrogen and oxygen atoms in total. The zero-order valence-electron chi connectivity index (χ0n) is 11.4. The largest absolute Gasteiger partial charge is 0.469 e. The molecule has 1 heterocycles. The molecule has 0 amide bonds. The lowest BCUT2D eigenvalue weighted by molar-refractivity contribution is -0.144. The number of Topliss-reactive ketones (excluding diaryl/α,β-unsaturated/α-hetero) is 1. The summed E-state index contributed by atoms with van der Waals surface area (Å²) < 4.78 is 4.77. The molecule has 19 heavy (non-hydrogen) atoms. The fraction of sp³-hybridized carbons (Fsp3) is 0.467. The van der Waals surface area contributed by atoms with Gasteiger partial charge in [-0.3, -0.25) is 9.59 Å². The maximum Gasteiger partial charge on any atom is 0.310 e. The molecule has 0 aliphatic carbocycles. The summed E-state index contributed by atoms with van der Waals surface area (Å²) in [6.45, 7) is 3.40. The van der Waals surface area contributed by atoms with Crippen LogP contribution in [0.15, 0.2) is 24.3 Å². The summed E-state index contributed by atoms with van der Waals surface area (Å²) in [5.41, 5.74) is 1.80. The lowest BCUT2D eigenvalue weighted by Gasteiger charge is -2.18. The van der Waals surface area contributed by atoms with Crippen LogP contribution in [0.1, 0.15) is 30.1 Å². The molecule has 2 rings (SSSR count). The molecule has 0 saturated carbocycles. The Morgan fingerprint density at radius 1 is 1.32 bits per heavy atom. The second-order valence-corrected chi connectivity index (χ2v) is 4.78. The van der Waals surface area contributed by atoms with E-state index in [1.54, 1.807) is 0 Å². The van der Waals surface area contributed by atoms with Gasteiger partial charge in [-0.1, -0.05) is 6.92 Å². The summed E-state index contributed by atoms with van der Waals surface area (Å²) >= 11 is 0. The quantitative estimate of drug-likeness (QED) is 0.616. The monoisotopic (exact) mass is 261 g/mol. The van der Waals surface area contributed by atoms with Gasteiger partial charge in [0.25, 0.3) is 0 Å². The van der Waals surface area contributed by atoms with Gasteiger partial charge in [-0.15, -0.1) is 0 Å². The van der Waals surface area contributed by atoms with E-state index in [1.165, 1.54) is 7.11 Å². The lowest BCUT2D eigenvalue weighted by Crippen LogP contribution is -2.23. The van der Waals surface area contributed by atoms with Crippen LogP contribution in [0.3, 0.4) is 0 Å². The van der Waals surface area contributed by atoms with Crippen LogP contribution in [0.5, 0.6) is 0 Å². The van der Waals surface area contributed by atoms with Gasteiger partial charge in [-0.25, -0.2) is 0 Å². The number of benzene rings is 1. The SMILES string of the molecule is CCC(=O)c1ccc(N2CCC(C(=O)OC)C2)cc1. The average Bonchev–Trinajstić information content (AvgIpc) is 2.95. The average molecular weight is 261 g/mol. The van der Waals surface area contributed by atoms with Gasteiger partial charge in [-0.05, 0) is 30.7 Å². The van der Waals surface area contributed by atoms with Crippen molar-refractivity contribution in [3.05, 3.63) is 29.8 Å². The Hall–Kier alpha value is -1.84. The maximum atomic E-state index is 11.6. The molecule has 0 spiro atoms. The highest BCUT2D eigenvalue weighted by Gasteiger charge is 2.29. The number of nitrogens with zero attached hydrogens (tertiary/aromatic N) is 1. The third-order valence-electron chi connectivity index (χ3n) is 3.60. The molecule has 0 N–H and O–H groups in total. The van der Waals surface area contributed by atoms with E-state index in [2.05, 4.69) is 4.90 Å². The first-order valence-electron chi connectivity index (χ1n) is 6.61. The highest BCUT2D eigenvalue weighted by molar-refractivity contribution is 5.96. The van der Waals surface area contributed by atoms with Crippen molar-refractivity contribution in [1.82, 2.24) is 0 Å². The second-order valence-electron chi connectivity index (χ2n) is 4.78. The minimum atomic E-state index is -0.139. The number of ether oxygens (including phenoxy) is 1. The molecule has 4 heteroatoms. The summed E-state index contributed by atoms with van der Waals surface area (Å²) in [6.07, 6.45) is 1.34. The van der Waals surface area contributed by atoms with Gasteiger partial charge in [0.1, 0.15) is 0 Å². The number of hydrogen-bond donors (Lipinski definition) is 0. The van der Waals surface area contributed by atoms with E-state index >= 15 is 0 Å². The van der Waals surface area contributed by atoms with Gasteiger partial charge in [0.05, 0.1) is 13.0 Å². The Kier molecular flexibility index (Phi) is 4.20. The molecule has 1 saturated heterocycles. The number of esters is 1. The molecule has 0 radical (unpaired) electrons. The van der Waals surface area contributed by atoms with Crippen molar-refractivity contribution in [1.29, 1.82) is 0 Å². The Morgan fingerprint density at radius 3 is 2.58 bits per heavy atom. The minimum absolute atomic E-state index is 0.0399. The van der Waals surface area contributed by atoms with E-state index in [1.807, 2.05) is 31.2 Å². The summed E-state index contributed by atoms with van der Waals surface area (Å²) in [7, 11) is 1.43. The van der Waals surface area contributed by atoms with Crippen molar-refractivity contribution < 1.29 is 14.3 Å². The Bertz CT molecular complexity index is 467. The van der Waals surface area contributed by atoms with Crippen LogP contribution in [0, 0.1) is 5.92 Å². The fourth-order valence-electron chi connectivity index (χ4n) is 2.42. The van der Waals surface area contributed by atoms with Gasteiger partial charge < -0.3 is 9.64 Å². The predicted molar refractivity (Wildman–Crippen MR) is 73.4 cm³/mol. The Balaban J connectivity index is 2.04. The lowest BCUT2D eigenvalue weighted by atomic mass is 10.1. The Morgan fingerprint density at radius 2 is 2.00 bits per heavy atom. The molecule has 1 aliphatic rings. The number of anilines is 1. The molecule has 102 valence electrons. The molecular weight excluding hydrogens is 242 g/mol. The van der Waals surface area contributed by atoms with Crippen LogP contribution in [0.25, 0.3) is 0 Å². The van der Waals surface area contributed by atoms with Crippen molar-refractivity contribution in [2.45, 2.75) is 19.8 Å². The van der Waals surface area contributed by atoms with Gasteiger partial charge in [-0.2, -0.15) is 0 Å². The standard InChI is InChI=1S/C15H19NO3/c1-3-14(17)11-4-6-13(7-5-11)16-9-8-12(10-16)15(18)19-2/h4-7,12H,3,8-10H2,1-2H3. The summed E-state index contributed by atoms with van der Waals surface area (Å²) in [5.74, 6) is -0.0253. The highest BCUT2D eigenvalue weighted by atomic mass is 16.5. The van der Waals surface area contributed by atoms with Gasteiger partial charge in [0.2, 0.25) is 0 Å². The van der Waals surface area contributed by atoms with Crippen molar-refractivity contribution in [2.24, 2.45) is 5.92 Å². The van der Waals surface area contributed by atoms with Crippen molar-refractivity contribution in [3.8, 4) is 0 Å². The first kappa shape index (κ1) is 13.6. The third kappa shape index (κ3) is 2.95. The molecular formula is C15H19NO3. The topological polar surface area (TPSA) is 46.6 Å². The molecule has 1 atom stereocenters. The number of ketones is 1. The second kappa shape index (κ2) is 5.87. The third-order valence-corrected chi connectivity index (χ3v) is 3.60. The smallest absolute Gasteiger partial charge is 0.310 e. The molecule has 1 aliphatic heterocycles. The van der Waals surface area contributed by atoms with Crippen LogP contribution in [0.4, 0.5) is 5.69 Å². The van der Waals surface area contributed by atoms with Gasteiger partial charge in [0, 0.05) is 30.8 Å². The maximum absolute atomic E-state index is 11.6. The van der Waals surface area contributed by atoms with E-state index in [0.29, 0.717) is 13.0 Å². The van der Waals surface area contributed by atoms with E-state index in [9.17, 15) is 9.59 Å². The van der Waals surface area contributed by atoms with Gasteiger partial charge in [0.15, 0.2) is 5.78 Å². The van der Waals surface area contributed by atoms with Crippen LogP contribution < -0.4 is 4.90 Å². The predicted octanol–water partition coefficient (Wildman–Crippen LogP) is 2.28. The molecule has 1 aromatic rings. The summed E-state index contributed by atoms with van der Waals surface area (Å²) in [4.78, 5) is 25.2. The highest BCUT2D eigenvalue weighted by Crippen LogP contribution is 2.25. The van der Waals surface area contributed by atoms with Crippen molar-refractivity contribution >= 4 is 17.4 Å². The fourth-order valence-corrected chi connectivity index (χ4v) is 2.42. The van der Waals surface area contributed by atoms with E-state index in [4.69, 9.17) is 4.74 Å². The van der Waals surface area contributed by atoms with E-state index in [-0.39, 0.29) is 17.7 Å². The molecule has 1 fully saturated rings. The number of carbonyl (C=O) groups is 2. The van der Waals surface area contributed by atoms with Gasteiger partial charge >= 0.3 is 5.97 Å². The normalized spacial score (nSPS) is 18.4. The zero-order valence-corrected chi connectivity index (χ0v) is 11.4. The number of methoxy groups -OCH3 is 1. The number of carbonyl (C=O) groups excluding carboxylic acids is 2. The van der Waals surface area contributed by atoms with Crippen LogP contribution in [0.2, 0.25) is 0 Å². The molecule has 1 unspecified atom stereocenters. The van der Waals surface area contributed by atoms with Crippen molar-refractivity contribution in [3.63, 3.8) is 0 Å². The molecule has 0 aromatic heterocycles. The van der Waals surface area contributed by atoms with E-state index < -0.39 is 0 Å². The first-order valence-corrected chi connectivity index (χ1v) is 6.61. The Labute approximate surface area is 113 Å². The molecule has 1 aromatic carbocycles. The zero-order chi connectivity index (χ0) is 13.8. The van der Waals surface area contributed by atoms with Crippen molar-refractivity contribution in [2.75, 3.05) is 25.1 Å². The first-order chi connectivity index (χ1) is 9.15. The van der Waals surface area contributed by atoms with Crippen LogP contribution in [-0.4, -0.2) is 32.0 Å². The minimum Gasteiger partial charge on any atom is -0.469 e. The number of hydrogen-bond acceptors (Lipinski definition) is 4.